The smallest absolute Gasteiger partial charge is 0.375 e. The predicted molar refractivity (Wildman–Crippen MR) is 438 cm³/mol. The van der Waals surface area contributed by atoms with Crippen molar-refractivity contribution in [3.8, 4) is 28.0 Å². The number of amides is 5. The normalized spacial score (nSPS) is 21.5. The molecule has 16 nitrogen and oxygen atoms in total. The Hall–Kier alpha value is -5.46. The Labute approximate surface area is 632 Å². The summed E-state index contributed by atoms with van der Waals surface area (Å²) in [5.41, 5.74) is -1.13. The summed E-state index contributed by atoms with van der Waals surface area (Å²) < 4.78 is 110. The summed E-state index contributed by atoms with van der Waals surface area (Å²) in [6.07, 6.45) is 1.56. The summed E-state index contributed by atoms with van der Waals surface area (Å²) in [7, 11) is -17.1. The third kappa shape index (κ3) is 15.7. The van der Waals surface area contributed by atoms with Crippen LogP contribution in [-0.4, -0.2) is 101 Å². The molecule has 5 heterocycles. The molecule has 5 atom stereocenters. The van der Waals surface area contributed by atoms with E-state index in [9.17, 15) is 50.1 Å². The van der Waals surface area contributed by atoms with Gasteiger partial charge in [0.1, 0.15) is 21.4 Å². The minimum atomic E-state index is -5.96. The molecule has 106 heavy (non-hydrogen) atoms. The highest BCUT2D eigenvalue weighted by Crippen LogP contribution is 2.69. The molecule has 0 saturated heterocycles. The summed E-state index contributed by atoms with van der Waals surface area (Å²) in [5, 5.41) is 1.81. The maximum Gasteiger partial charge on any atom is 0.534 e. The van der Waals surface area contributed by atoms with Gasteiger partial charge < -0.3 is 42.4 Å². The monoisotopic (exact) mass is 1580 g/mol. The molecule has 5 amide bonds. The second kappa shape index (κ2) is 27.8. The molecule has 5 aromatic carbocycles. The van der Waals surface area contributed by atoms with Gasteiger partial charge in [0.05, 0.1) is 65.2 Å². The number of anilines is 5. The lowest BCUT2D eigenvalue weighted by Crippen LogP contribution is -2.38. The minimum absolute atomic E-state index is 0.0497. The van der Waals surface area contributed by atoms with Crippen molar-refractivity contribution in [1.82, 2.24) is 0 Å². The first kappa shape index (κ1) is 86.1. The van der Waals surface area contributed by atoms with E-state index in [1.54, 1.807) is 51.3 Å². The molecule has 0 spiro atoms. The number of rotatable bonds is 4. The number of fused-ring (bicyclic) bond motifs is 5. The van der Waals surface area contributed by atoms with E-state index in [1.165, 1.54) is 38.8 Å². The Morgan fingerprint density at radius 3 is 0.840 bits per heavy atom. The topological polar surface area (TPSA) is 196 Å². The number of hydrogen-bond acceptors (Lipinski definition) is 11. The van der Waals surface area contributed by atoms with Crippen molar-refractivity contribution < 1.29 is 63.4 Å². The van der Waals surface area contributed by atoms with Crippen LogP contribution >= 0.6 is 37.3 Å². The van der Waals surface area contributed by atoms with Crippen molar-refractivity contribution in [3.05, 3.63) is 91.0 Å². The highest BCUT2D eigenvalue weighted by molar-refractivity contribution is 7.88. The fraction of sp³-hybridized carbons (Fsp3) is 0.568. The highest BCUT2D eigenvalue weighted by atomic mass is 32.2. The van der Waals surface area contributed by atoms with Crippen LogP contribution in [0.4, 0.5) is 41.6 Å². The van der Waals surface area contributed by atoms with Crippen molar-refractivity contribution in [3.63, 3.8) is 0 Å². The summed E-state index contributed by atoms with van der Waals surface area (Å²) in [5.74, 6) is -0.838. The van der Waals surface area contributed by atoms with Gasteiger partial charge in [0.25, 0.3) is 0 Å². The van der Waals surface area contributed by atoms with Crippen LogP contribution in [-0.2, 0) is 47.8 Å². The molecule has 0 radical (unpaired) electrons. The maximum absolute atomic E-state index is 15.1. The number of nitrogens with zero attached hydrogens (tertiary/aromatic N) is 5. The van der Waals surface area contributed by atoms with Crippen molar-refractivity contribution in [2.45, 2.75) is 239 Å². The molecule has 0 aromatic heterocycles. The van der Waals surface area contributed by atoms with E-state index in [0.29, 0.717) is 22.0 Å². The largest absolute Gasteiger partial charge is 0.534 e. The standard InChI is InChI=1S/C32H46N2O4P2.C32H46N2O2P2.C17H23F3NO5PS/c1-29(2,3)27(35)33-19-39(37,31(7,8)9)25-21(15-13-17-23(25)33)22-16-14-18-24-26(22)40(38,32(10,11)12)20-34(24)28(36)30(4,5)6;1-29(2,3)27(35)33-19-37(31(7,8)9)25-21(15-13-17-23(25)33)22-16-14-18-24-26(22)38(32(10,11)12)20-34(24)28(36)30(4,5)6;1-15(2,3)14(22)21-10-27(23,16(4,5)6)13-11(21)8-7-9-12(13)26-28(24,25)17(18,19)20/h13-18H,19-20H2,1-12H3;13-18H,19-20H2,1-12H3;7-9H,10H2,1-6H3. The van der Waals surface area contributed by atoms with Crippen molar-refractivity contribution in [1.29, 1.82) is 0 Å². The van der Waals surface area contributed by atoms with Gasteiger partial charge in [-0.2, -0.15) is 21.6 Å². The average molecular weight is 1580 g/mol. The van der Waals surface area contributed by atoms with Crippen molar-refractivity contribution in [2.24, 2.45) is 27.1 Å². The van der Waals surface area contributed by atoms with Crippen LogP contribution in [0.2, 0.25) is 0 Å². The van der Waals surface area contributed by atoms with E-state index in [2.05, 4.69) is 91.9 Å². The molecule has 5 aliphatic rings. The van der Waals surface area contributed by atoms with Gasteiger partial charge in [-0.25, -0.2) is 0 Å². The molecule has 0 saturated carbocycles. The van der Waals surface area contributed by atoms with Crippen LogP contribution in [0.5, 0.6) is 5.75 Å². The molecular weight excluding hydrogens is 1460 g/mol. The zero-order chi connectivity index (χ0) is 80.9. The zero-order valence-corrected chi connectivity index (χ0v) is 73.5. The number of benzene rings is 5. The number of carbonyl (C=O) groups excluding carboxylic acids is 5. The van der Waals surface area contributed by atoms with Gasteiger partial charge in [0.2, 0.25) is 29.5 Å². The second-order valence-corrected chi connectivity index (χ2v) is 56.9. The molecule has 25 heteroatoms. The number of carbonyl (C=O) groups is 5. The summed E-state index contributed by atoms with van der Waals surface area (Å²) in [6.45, 7) is 58.9. The van der Waals surface area contributed by atoms with E-state index < -0.39 is 101 Å². The van der Waals surface area contributed by atoms with Crippen molar-refractivity contribution in [2.75, 3.05) is 55.9 Å². The summed E-state index contributed by atoms with van der Waals surface area (Å²) >= 11 is 0. The van der Waals surface area contributed by atoms with Crippen molar-refractivity contribution >= 4 is 132 Å². The van der Waals surface area contributed by atoms with Gasteiger partial charge in [-0.3, -0.25) is 24.0 Å². The second-order valence-electron chi connectivity index (χ2n) is 38.9. The summed E-state index contributed by atoms with van der Waals surface area (Å²) in [6, 6.07) is 28.2. The number of alkyl halides is 3. The molecular formula is C81H115F3N5O11P5S. The fourth-order valence-corrected chi connectivity index (χ4v) is 28.9. The molecule has 0 N–H and O–H groups in total. The first-order valence-corrected chi connectivity index (χ1v) is 46.3. The predicted octanol–water partition coefficient (Wildman–Crippen LogP) is 19.5. The average Bonchev–Trinajstić information content (AvgIpc) is 1.54. The highest BCUT2D eigenvalue weighted by Gasteiger charge is 2.57. The molecule has 0 fully saturated rings. The van der Waals surface area contributed by atoms with Gasteiger partial charge in [0, 0.05) is 63.8 Å². The van der Waals surface area contributed by atoms with Crippen LogP contribution in [0.1, 0.15) is 208 Å². The molecule has 5 unspecified atom stereocenters. The van der Waals surface area contributed by atoms with Crippen LogP contribution < -0.4 is 55.2 Å². The quantitative estimate of drug-likeness (QED) is 0.0943. The lowest BCUT2D eigenvalue weighted by molar-refractivity contribution is -0.126. The van der Waals surface area contributed by atoms with Gasteiger partial charge in [0.15, 0.2) is 5.75 Å². The maximum atomic E-state index is 15.1. The lowest BCUT2D eigenvalue weighted by atomic mass is 9.94. The Balaban J connectivity index is 0.000000204. The van der Waals surface area contributed by atoms with Crippen LogP contribution in [0, 0.1) is 27.1 Å². The van der Waals surface area contributed by atoms with Crippen LogP contribution in [0.3, 0.4) is 0 Å². The zero-order valence-electron chi connectivity index (χ0n) is 68.2. The van der Waals surface area contributed by atoms with E-state index >= 15 is 9.13 Å². The molecule has 10 rings (SSSR count). The first-order chi connectivity index (χ1) is 47.5. The van der Waals surface area contributed by atoms with Gasteiger partial charge >= 0.3 is 15.6 Å². The Kier molecular flexibility index (Phi) is 22.6. The molecule has 5 aliphatic heterocycles. The van der Waals surface area contributed by atoms with E-state index in [0.717, 1.165) is 41.1 Å². The van der Waals surface area contributed by atoms with Crippen LogP contribution in [0.15, 0.2) is 91.0 Å². The Morgan fingerprint density at radius 1 is 0.349 bits per heavy atom. The molecule has 0 aliphatic carbocycles. The van der Waals surface area contributed by atoms with E-state index in [-0.39, 0.29) is 69.7 Å². The van der Waals surface area contributed by atoms with E-state index in [4.69, 9.17) is 0 Å². The third-order valence-corrected chi connectivity index (χ3v) is 39.5. The fourth-order valence-electron chi connectivity index (χ4n) is 13.8. The van der Waals surface area contributed by atoms with Gasteiger partial charge in [-0.1, -0.05) is 262 Å². The molecule has 582 valence electrons. The third-order valence-electron chi connectivity index (χ3n) is 20.1. The Bertz CT molecular complexity index is 4440. The lowest BCUT2D eigenvalue weighted by Gasteiger charge is -2.32. The Morgan fingerprint density at radius 2 is 0.585 bits per heavy atom. The van der Waals surface area contributed by atoms with E-state index in [1.807, 2.05) is 161 Å². The van der Waals surface area contributed by atoms with Gasteiger partial charge in [-0.15, -0.1) is 0 Å². The molecule has 5 aromatic rings. The SMILES string of the molecule is CC(C)(C)C(=O)N1CP(=O)(C(C)(C)C)c2c(-c3cccc4c3P(=O)(C(C)(C)C)CN4C(=O)C(C)(C)C)cccc21.CC(C)(C)C(=O)N1CP(=O)(C(C)(C)C)c2c(OS(=O)(=O)C(F)(F)F)cccc21.CC(C)(C)C(=O)N1CP(C(C)(C)C)c2c(-c3cccc4c3P(C(C)(C)C)CN4C(=O)C(C)(C)C)cccc21. The minimum Gasteiger partial charge on any atom is -0.375 e. The summed E-state index contributed by atoms with van der Waals surface area (Å²) in [4.78, 5) is 76.2. The number of halogens is 3. The van der Waals surface area contributed by atoms with Gasteiger partial charge in [-0.05, 0) is 84.8 Å². The number of hydrogen-bond donors (Lipinski definition) is 0. The molecule has 0 bridgehead atoms. The first-order valence-electron chi connectivity index (χ1n) is 36.1. The van der Waals surface area contributed by atoms with Crippen LogP contribution in [0.25, 0.3) is 22.3 Å².